The summed E-state index contributed by atoms with van der Waals surface area (Å²) in [6.45, 7) is 0.492. The number of hydrogen-bond acceptors (Lipinski definition) is 4. The predicted molar refractivity (Wildman–Crippen MR) is 107 cm³/mol. The number of amides is 2. The van der Waals surface area contributed by atoms with Crippen molar-refractivity contribution in [1.29, 1.82) is 0 Å². The van der Waals surface area contributed by atoms with E-state index in [2.05, 4.69) is 10.3 Å². The van der Waals surface area contributed by atoms with Gasteiger partial charge in [-0.15, -0.1) is 0 Å². The van der Waals surface area contributed by atoms with Crippen LogP contribution in [0.4, 0.5) is 5.69 Å². The van der Waals surface area contributed by atoms with Gasteiger partial charge in [0, 0.05) is 23.8 Å². The maximum absolute atomic E-state index is 12.8. The van der Waals surface area contributed by atoms with Crippen molar-refractivity contribution < 1.29 is 14.3 Å². The van der Waals surface area contributed by atoms with Crippen LogP contribution in [0.1, 0.15) is 12.8 Å². The number of hydrogen-bond donors (Lipinski definition) is 1. The molecule has 2 amide bonds. The first-order valence-corrected chi connectivity index (χ1v) is 9.34. The van der Waals surface area contributed by atoms with E-state index in [0.717, 1.165) is 17.3 Å². The summed E-state index contributed by atoms with van der Waals surface area (Å²) in [4.78, 5) is 31.2. The molecule has 1 N–H and O–H groups in total. The highest BCUT2D eigenvalue weighted by atomic mass is 16.5. The molecule has 1 aliphatic rings. The lowest BCUT2D eigenvalue weighted by atomic mass is 10.1. The summed E-state index contributed by atoms with van der Waals surface area (Å²) in [7, 11) is 0. The maximum atomic E-state index is 12.8. The van der Waals surface area contributed by atoms with Crippen LogP contribution in [0, 0.1) is 0 Å². The number of nitrogens with zero attached hydrogens (tertiary/aromatic N) is 2. The smallest absolute Gasteiger partial charge is 0.261 e. The molecule has 2 heterocycles. The summed E-state index contributed by atoms with van der Waals surface area (Å²) in [6, 6.07) is 18.1. The zero-order valence-corrected chi connectivity index (χ0v) is 15.4. The Hall–Kier alpha value is -3.41. The van der Waals surface area contributed by atoms with Crippen LogP contribution in [0.5, 0.6) is 5.75 Å². The summed E-state index contributed by atoms with van der Waals surface area (Å²) in [5.41, 5.74) is 1.57. The number of pyridine rings is 1. The molecule has 1 unspecified atom stereocenters. The van der Waals surface area contributed by atoms with Gasteiger partial charge in [0.25, 0.3) is 5.91 Å². The molecule has 1 saturated heterocycles. The summed E-state index contributed by atoms with van der Waals surface area (Å²) in [6.07, 6.45) is 3.19. The maximum Gasteiger partial charge on any atom is 0.261 e. The third-order valence-corrected chi connectivity index (χ3v) is 4.85. The van der Waals surface area contributed by atoms with Crippen LogP contribution >= 0.6 is 0 Å². The number of anilines is 1. The standard InChI is InChI=1S/C22H21N3O3/c26-21(15-28-18-7-2-1-3-8-18)25-13-5-9-20(25)22(27)24-17-10-11-19-16(14-17)6-4-12-23-19/h1-4,6-8,10-12,14,20H,5,9,13,15H2,(H,24,27). The highest BCUT2D eigenvalue weighted by molar-refractivity contribution is 5.99. The lowest BCUT2D eigenvalue weighted by Gasteiger charge is -2.24. The van der Waals surface area contributed by atoms with Crippen molar-refractivity contribution in [2.45, 2.75) is 18.9 Å². The van der Waals surface area contributed by atoms with Crippen LogP contribution in [0.2, 0.25) is 0 Å². The van der Waals surface area contributed by atoms with E-state index in [4.69, 9.17) is 4.74 Å². The van der Waals surface area contributed by atoms with Crippen LogP contribution in [0.25, 0.3) is 10.9 Å². The molecule has 2 aromatic carbocycles. The highest BCUT2D eigenvalue weighted by Gasteiger charge is 2.34. The first-order valence-electron chi connectivity index (χ1n) is 9.34. The van der Waals surface area contributed by atoms with Gasteiger partial charge in [-0.2, -0.15) is 0 Å². The molecule has 0 radical (unpaired) electrons. The van der Waals surface area contributed by atoms with Gasteiger partial charge in [-0.05, 0) is 49.2 Å². The largest absolute Gasteiger partial charge is 0.484 e. The fourth-order valence-corrected chi connectivity index (χ4v) is 3.46. The number of benzene rings is 2. The second kappa shape index (κ2) is 8.08. The van der Waals surface area contributed by atoms with Gasteiger partial charge in [0.15, 0.2) is 6.61 Å². The Morgan fingerprint density at radius 3 is 2.82 bits per heavy atom. The first-order chi connectivity index (χ1) is 13.7. The van der Waals surface area contributed by atoms with Gasteiger partial charge in [-0.3, -0.25) is 14.6 Å². The second-order valence-electron chi connectivity index (χ2n) is 6.75. The lowest BCUT2D eigenvalue weighted by Crippen LogP contribution is -2.45. The molecule has 1 aliphatic heterocycles. The van der Waals surface area contributed by atoms with Crippen molar-refractivity contribution in [3.8, 4) is 5.75 Å². The van der Waals surface area contributed by atoms with E-state index in [9.17, 15) is 9.59 Å². The number of ether oxygens (including phenoxy) is 1. The van der Waals surface area contributed by atoms with Crippen molar-refractivity contribution in [2.75, 3.05) is 18.5 Å². The SMILES string of the molecule is O=C(Nc1ccc2ncccc2c1)C1CCCN1C(=O)COc1ccccc1. The summed E-state index contributed by atoms with van der Waals surface area (Å²) < 4.78 is 5.54. The minimum absolute atomic E-state index is 0.0740. The Balaban J connectivity index is 1.40. The van der Waals surface area contributed by atoms with Crippen molar-refractivity contribution in [3.63, 3.8) is 0 Å². The molecule has 1 fully saturated rings. The van der Waals surface area contributed by atoms with Crippen LogP contribution in [0.3, 0.4) is 0 Å². The number of likely N-dealkylation sites (tertiary alicyclic amines) is 1. The Kier molecular flexibility index (Phi) is 5.19. The minimum Gasteiger partial charge on any atom is -0.484 e. The average Bonchev–Trinajstić information content (AvgIpc) is 3.23. The molecule has 0 aliphatic carbocycles. The number of para-hydroxylation sites is 1. The van der Waals surface area contributed by atoms with E-state index in [-0.39, 0.29) is 18.4 Å². The molecule has 1 aromatic heterocycles. The zero-order chi connectivity index (χ0) is 19.3. The molecular formula is C22H21N3O3. The van der Waals surface area contributed by atoms with E-state index in [1.807, 2.05) is 48.5 Å². The molecule has 0 bridgehead atoms. The number of nitrogens with one attached hydrogen (secondary N) is 1. The fourth-order valence-electron chi connectivity index (χ4n) is 3.46. The molecule has 142 valence electrons. The molecule has 0 saturated carbocycles. The van der Waals surface area contributed by atoms with Crippen LogP contribution in [-0.2, 0) is 9.59 Å². The molecule has 28 heavy (non-hydrogen) atoms. The van der Waals surface area contributed by atoms with Crippen LogP contribution < -0.4 is 10.1 Å². The van der Waals surface area contributed by atoms with E-state index >= 15 is 0 Å². The molecule has 0 spiro atoms. The van der Waals surface area contributed by atoms with E-state index in [0.29, 0.717) is 24.4 Å². The highest BCUT2D eigenvalue weighted by Crippen LogP contribution is 2.22. The Morgan fingerprint density at radius 1 is 1.11 bits per heavy atom. The van der Waals surface area contributed by atoms with Crippen molar-refractivity contribution in [2.24, 2.45) is 0 Å². The van der Waals surface area contributed by atoms with Crippen molar-refractivity contribution in [3.05, 3.63) is 66.9 Å². The summed E-state index contributed by atoms with van der Waals surface area (Å²) in [5, 5.41) is 3.89. The van der Waals surface area contributed by atoms with Crippen molar-refractivity contribution in [1.82, 2.24) is 9.88 Å². The van der Waals surface area contributed by atoms with Gasteiger partial charge in [-0.1, -0.05) is 24.3 Å². The monoisotopic (exact) mass is 375 g/mol. The molecule has 1 atom stereocenters. The van der Waals surface area contributed by atoms with Gasteiger partial charge >= 0.3 is 0 Å². The molecule has 6 nitrogen and oxygen atoms in total. The van der Waals surface area contributed by atoms with Gasteiger partial charge in [-0.25, -0.2) is 0 Å². The number of rotatable bonds is 5. The number of carbonyl (C=O) groups excluding carboxylic acids is 2. The normalized spacial score (nSPS) is 16.1. The molecule has 3 aromatic rings. The molecule has 6 heteroatoms. The molecular weight excluding hydrogens is 354 g/mol. The zero-order valence-electron chi connectivity index (χ0n) is 15.4. The number of fused-ring (bicyclic) bond motifs is 1. The van der Waals surface area contributed by atoms with Gasteiger partial charge in [0.05, 0.1) is 5.52 Å². The first kappa shape index (κ1) is 18.0. The third-order valence-electron chi connectivity index (χ3n) is 4.85. The van der Waals surface area contributed by atoms with Gasteiger partial charge < -0.3 is 15.0 Å². The average molecular weight is 375 g/mol. The Labute approximate surface area is 163 Å². The number of carbonyl (C=O) groups is 2. The van der Waals surface area contributed by atoms with E-state index in [1.54, 1.807) is 23.2 Å². The quantitative estimate of drug-likeness (QED) is 0.743. The predicted octanol–water partition coefficient (Wildman–Crippen LogP) is 3.24. The van der Waals surface area contributed by atoms with Gasteiger partial charge in [0.2, 0.25) is 5.91 Å². The second-order valence-corrected chi connectivity index (χ2v) is 6.75. The van der Waals surface area contributed by atoms with E-state index in [1.165, 1.54) is 0 Å². The summed E-state index contributed by atoms with van der Waals surface area (Å²) >= 11 is 0. The third kappa shape index (κ3) is 3.96. The van der Waals surface area contributed by atoms with Crippen molar-refractivity contribution >= 4 is 28.4 Å². The fraction of sp³-hybridized carbons (Fsp3) is 0.227. The lowest BCUT2D eigenvalue weighted by molar-refractivity contribution is -0.138. The van der Waals surface area contributed by atoms with Crippen LogP contribution in [0.15, 0.2) is 66.9 Å². The Morgan fingerprint density at radius 2 is 1.96 bits per heavy atom. The topological polar surface area (TPSA) is 71.5 Å². The van der Waals surface area contributed by atoms with Crippen LogP contribution in [-0.4, -0.2) is 40.9 Å². The Bertz CT molecular complexity index is 990. The number of aromatic nitrogens is 1. The minimum atomic E-state index is -0.475. The summed E-state index contributed by atoms with van der Waals surface area (Å²) in [5.74, 6) is 0.291. The van der Waals surface area contributed by atoms with E-state index < -0.39 is 6.04 Å². The van der Waals surface area contributed by atoms with Gasteiger partial charge in [0.1, 0.15) is 11.8 Å². The molecule has 4 rings (SSSR count).